The van der Waals surface area contributed by atoms with Crippen molar-refractivity contribution in [3.05, 3.63) is 84.4 Å². The minimum Gasteiger partial charge on any atom is -0.497 e. The second-order valence-electron chi connectivity index (χ2n) is 6.29. The van der Waals surface area contributed by atoms with Gasteiger partial charge in [-0.15, -0.1) is 0 Å². The third-order valence-electron chi connectivity index (χ3n) is 4.21. The molecule has 2 amide bonds. The van der Waals surface area contributed by atoms with Gasteiger partial charge in [0.2, 0.25) is 0 Å². The fourth-order valence-electron chi connectivity index (χ4n) is 2.63. The zero-order valence-corrected chi connectivity index (χ0v) is 16.2. The third-order valence-corrected chi connectivity index (χ3v) is 4.21. The van der Waals surface area contributed by atoms with Crippen molar-refractivity contribution < 1.29 is 19.1 Å². The molecule has 0 heterocycles. The second kappa shape index (κ2) is 9.41. The van der Waals surface area contributed by atoms with Crippen molar-refractivity contribution in [1.82, 2.24) is 0 Å². The first kappa shape index (κ1) is 19.9. The molecule has 29 heavy (non-hydrogen) atoms. The lowest BCUT2D eigenvalue weighted by Gasteiger charge is -2.17. The van der Waals surface area contributed by atoms with Crippen LogP contribution in [0.15, 0.2) is 78.9 Å². The number of amides is 2. The number of hydrogen-bond donors (Lipinski definition) is 2. The first-order chi connectivity index (χ1) is 14.1. The molecule has 0 aliphatic rings. The molecule has 0 bridgehead atoms. The average Bonchev–Trinajstić information content (AvgIpc) is 2.75. The molecule has 6 heteroatoms. The fourth-order valence-corrected chi connectivity index (χ4v) is 2.63. The van der Waals surface area contributed by atoms with Gasteiger partial charge in [0, 0.05) is 5.56 Å². The largest absolute Gasteiger partial charge is 0.497 e. The van der Waals surface area contributed by atoms with E-state index in [9.17, 15) is 9.59 Å². The van der Waals surface area contributed by atoms with Crippen LogP contribution in [0.25, 0.3) is 0 Å². The highest BCUT2D eigenvalue weighted by molar-refractivity contribution is 6.07. The number of carbonyl (C=O) groups excluding carboxylic acids is 2. The first-order valence-corrected chi connectivity index (χ1v) is 9.14. The molecule has 6 nitrogen and oxygen atoms in total. The highest BCUT2D eigenvalue weighted by Crippen LogP contribution is 2.23. The smallest absolute Gasteiger partial charge is 0.265 e. The first-order valence-electron chi connectivity index (χ1n) is 9.14. The zero-order chi connectivity index (χ0) is 20.6. The van der Waals surface area contributed by atoms with Crippen LogP contribution in [-0.2, 0) is 4.79 Å². The Kier molecular flexibility index (Phi) is 6.47. The summed E-state index contributed by atoms with van der Waals surface area (Å²) in [5, 5.41) is 5.63. The van der Waals surface area contributed by atoms with E-state index in [2.05, 4.69) is 10.6 Å². The van der Waals surface area contributed by atoms with E-state index in [1.165, 1.54) is 0 Å². The van der Waals surface area contributed by atoms with Crippen LogP contribution in [0.3, 0.4) is 0 Å². The number of rotatable bonds is 7. The molecule has 0 aromatic heterocycles. The van der Waals surface area contributed by atoms with E-state index in [0.29, 0.717) is 28.4 Å². The van der Waals surface area contributed by atoms with Gasteiger partial charge in [-0.05, 0) is 55.5 Å². The maximum Gasteiger partial charge on any atom is 0.265 e. The molecule has 3 aromatic carbocycles. The van der Waals surface area contributed by atoms with E-state index < -0.39 is 6.10 Å². The van der Waals surface area contributed by atoms with Crippen LogP contribution in [0.5, 0.6) is 11.5 Å². The van der Waals surface area contributed by atoms with E-state index in [0.717, 1.165) is 0 Å². The zero-order valence-electron chi connectivity index (χ0n) is 16.2. The van der Waals surface area contributed by atoms with E-state index >= 15 is 0 Å². The van der Waals surface area contributed by atoms with Crippen LogP contribution < -0.4 is 20.1 Å². The van der Waals surface area contributed by atoms with Crippen molar-refractivity contribution in [3.63, 3.8) is 0 Å². The van der Waals surface area contributed by atoms with Gasteiger partial charge in [-0.2, -0.15) is 0 Å². The highest BCUT2D eigenvalue weighted by atomic mass is 16.5. The molecule has 3 aromatic rings. The standard InChI is InChI=1S/C23H22N2O4/c1-16(29-19-8-4-3-5-9-19)22(26)24-20-10-6-7-11-21(20)25-23(27)17-12-14-18(28-2)15-13-17/h3-16H,1-2H3,(H,24,26)(H,25,27). The van der Waals surface area contributed by atoms with Crippen molar-refractivity contribution in [2.45, 2.75) is 13.0 Å². The minimum atomic E-state index is -0.706. The summed E-state index contributed by atoms with van der Waals surface area (Å²) in [4.78, 5) is 25.1. The van der Waals surface area contributed by atoms with Crippen LogP contribution in [-0.4, -0.2) is 25.0 Å². The summed E-state index contributed by atoms with van der Waals surface area (Å²) in [6.45, 7) is 1.67. The number of para-hydroxylation sites is 3. The molecule has 0 spiro atoms. The highest BCUT2D eigenvalue weighted by Gasteiger charge is 2.17. The number of methoxy groups -OCH3 is 1. The van der Waals surface area contributed by atoms with Crippen molar-refractivity contribution in [1.29, 1.82) is 0 Å². The van der Waals surface area contributed by atoms with Crippen LogP contribution in [0.4, 0.5) is 11.4 Å². The predicted molar refractivity (Wildman–Crippen MR) is 113 cm³/mol. The van der Waals surface area contributed by atoms with Crippen LogP contribution in [0, 0.1) is 0 Å². The molecule has 0 aliphatic heterocycles. The molecule has 0 saturated heterocycles. The van der Waals surface area contributed by atoms with Crippen molar-refractivity contribution >= 4 is 23.2 Å². The van der Waals surface area contributed by atoms with Crippen molar-refractivity contribution in [2.24, 2.45) is 0 Å². The Morgan fingerprint density at radius 3 is 1.97 bits per heavy atom. The van der Waals surface area contributed by atoms with Gasteiger partial charge in [-0.25, -0.2) is 0 Å². The Morgan fingerprint density at radius 1 is 0.759 bits per heavy atom. The number of anilines is 2. The molecule has 1 atom stereocenters. The molecule has 1 unspecified atom stereocenters. The summed E-state index contributed by atoms with van der Waals surface area (Å²) in [6, 6.07) is 22.9. The second-order valence-corrected chi connectivity index (χ2v) is 6.29. The van der Waals surface area contributed by atoms with Gasteiger partial charge in [0.25, 0.3) is 11.8 Å². The number of ether oxygens (including phenoxy) is 2. The Bertz CT molecular complexity index is 972. The maximum atomic E-state index is 12.5. The van der Waals surface area contributed by atoms with Gasteiger partial charge >= 0.3 is 0 Å². The predicted octanol–water partition coefficient (Wildman–Crippen LogP) is 4.35. The monoisotopic (exact) mass is 390 g/mol. The summed E-state index contributed by atoms with van der Waals surface area (Å²) in [5.41, 5.74) is 1.46. The van der Waals surface area contributed by atoms with Crippen LogP contribution in [0.1, 0.15) is 17.3 Å². The van der Waals surface area contributed by atoms with Crippen LogP contribution >= 0.6 is 0 Å². The summed E-state index contributed by atoms with van der Waals surface area (Å²) >= 11 is 0. The Labute approximate surface area is 169 Å². The molecule has 0 aliphatic carbocycles. The number of benzene rings is 3. The third kappa shape index (κ3) is 5.35. The lowest BCUT2D eigenvalue weighted by atomic mass is 10.2. The van der Waals surface area contributed by atoms with Gasteiger partial charge < -0.3 is 20.1 Å². The fraction of sp³-hybridized carbons (Fsp3) is 0.130. The minimum absolute atomic E-state index is 0.289. The molecule has 0 fully saturated rings. The SMILES string of the molecule is COc1ccc(C(=O)Nc2ccccc2NC(=O)C(C)Oc2ccccc2)cc1. The van der Waals surface area contributed by atoms with Gasteiger partial charge in [-0.3, -0.25) is 9.59 Å². The van der Waals surface area contributed by atoms with Gasteiger partial charge in [-0.1, -0.05) is 30.3 Å². The topological polar surface area (TPSA) is 76.7 Å². The summed E-state index contributed by atoms with van der Waals surface area (Å²) < 4.78 is 10.8. The van der Waals surface area contributed by atoms with Crippen LogP contribution in [0.2, 0.25) is 0 Å². The molecule has 3 rings (SSSR count). The van der Waals surface area contributed by atoms with E-state index in [1.807, 2.05) is 18.2 Å². The van der Waals surface area contributed by atoms with E-state index in [-0.39, 0.29) is 11.8 Å². The number of nitrogens with one attached hydrogen (secondary N) is 2. The molecule has 0 saturated carbocycles. The maximum absolute atomic E-state index is 12.5. The summed E-state index contributed by atoms with van der Waals surface area (Å²) in [7, 11) is 1.57. The molecule has 0 radical (unpaired) electrons. The normalized spacial score (nSPS) is 11.2. The Balaban J connectivity index is 1.67. The molecule has 148 valence electrons. The van der Waals surface area contributed by atoms with Gasteiger partial charge in [0.05, 0.1) is 18.5 Å². The summed E-state index contributed by atoms with van der Waals surface area (Å²) in [5.74, 6) is 0.667. The quantitative estimate of drug-likeness (QED) is 0.629. The molecular formula is C23H22N2O4. The van der Waals surface area contributed by atoms with Crippen molar-refractivity contribution in [2.75, 3.05) is 17.7 Å². The molecule has 2 N–H and O–H groups in total. The van der Waals surface area contributed by atoms with Gasteiger partial charge in [0.15, 0.2) is 6.10 Å². The van der Waals surface area contributed by atoms with E-state index in [1.54, 1.807) is 74.7 Å². The molecular weight excluding hydrogens is 368 g/mol. The lowest BCUT2D eigenvalue weighted by Crippen LogP contribution is -2.30. The number of hydrogen-bond acceptors (Lipinski definition) is 4. The average molecular weight is 390 g/mol. The number of carbonyl (C=O) groups is 2. The Morgan fingerprint density at radius 2 is 1.34 bits per heavy atom. The van der Waals surface area contributed by atoms with Gasteiger partial charge in [0.1, 0.15) is 11.5 Å². The Hall–Kier alpha value is -3.80. The summed E-state index contributed by atoms with van der Waals surface area (Å²) in [6.07, 6.45) is -0.706. The lowest BCUT2D eigenvalue weighted by molar-refractivity contribution is -0.122. The van der Waals surface area contributed by atoms with E-state index in [4.69, 9.17) is 9.47 Å². The van der Waals surface area contributed by atoms with Crippen molar-refractivity contribution in [3.8, 4) is 11.5 Å².